The molecule has 4 nitrogen and oxygen atoms in total. The van der Waals surface area contributed by atoms with Crippen LogP contribution >= 0.6 is 0 Å². The summed E-state index contributed by atoms with van der Waals surface area (Å²) in [5, 5.41) is 0. The second-order valence-corrected chi connectivity index (χ2v) is 5.39. The fourth-order valence-corrected chi connectivity index (χ4v) is 2.30. The fourth-order valence-electron chi connectivity index (χ4n) is 2.30. The molecule has 1 aromatic carbocycles. The molecule has 0 aliphatic carbocycles. The summed E-state index contributed by atoms with van der Waals surface area (Å²) in [6, 6.07) is 6.06. The minimum atomic E-state index is -0.263. The van der Waals surface area contributed by atoms with Crippen molar-refractivity contribution in [1.29, 1.82) is 0 Å². The SMILES string of the molecule is CN(C)CC(=O)N1CCC(Oc2ccc(F)cc2)CC1. The monoisotopic (exact) mass is 280 g/mol. The topological polar surface area (TPSA) is 32.8 Å². The molecule has 2 rings (SSSR count). The van der Waals surface area contributed by atoms with Crippen molar-refractivity contribution in [3.63, 3.8) is 0 Å². The first kappa shape index (κ1) is 14.8. The summed E-state index contributed by atoms with van der Waals surface area (Å²) >= 11 is 0. The Kier molecular flexibility index (Phi) is 4.95. The Bertz CT molecular complexity index is 440. The molecule has 1 aliphatic heterocycles. The number of halogens is 1. The number of nitrogens with zero attached hydrogens (tertiary/aromatic N) is 2. The fraction of sp³-hybridized carbons (Fsp3) is 0.533. The van der Waals surface area contributed by atoms with E-state index in [1.807, 2.05) is 23.9 Å². The van der Waals surface area contributed by atoms with Crippen LogP contribution in [0.5, 0.6) is 5.75 Å². The lowest BCUT2D eigenvalue weighted by molar-refractivity contribution is -0.133. The van der Waals surface area contributed by atoms with Crippen LogP contribution in [0.15, 0.2) is 24.3 Å². The number of hydrogen-bond acceptors (Lipinski definition) is 3. The number of benzene rings is 1. The number of ether oxygens (including phenoxy) is 1. The van der Waals surface area contributed by atoms with Gasteiger partial charge in [0.1, 0.15) is 17.7 Å². The number of amides is 1. The third kappa shape index (κ3) is 4.20. The van der Waals surface area contributed by atoms with E-state index in [1.165, 1.54) is 12.1 Å². The van der Waals surface area contributed by atoms with Crippen molar-refractivity contribution < 1.29 is 13.9 Å². The Morgan fingerprint density at radius 2 is 1.90 bits per heavy atom. The van der Waals surface area contributed by atoms with Gasteiger partial charge < -0.3 is 14.5 Å². The Morgan fingerprint density at radius 1 is 1.30 bits per heavy atom. The predicted molar refractivity (Wildman–Crippen MR) is 75.2 cm³/mol. The van der Waals surface area contributed by atoms with Crippen LogP contribution in [0, 0.1) is 5.82 Å². The zero-order valence-electron chi connectivity index (χ0n) is 12.0. The smallest absolute Gasteiger partial charge is 0.236 e. The summed E-state index contributed by atoms with van der Waals surface area (Å²) in [5.41, 5.74) is 0. The van der Waals surface area contributed by atoms with Gasteiger partial charge in [0.25, 0.3) is 0 Å². The van der Waals surface area contributed by atoms with Crippen molar-refractivity contribution >= 4 is 5.91 Å². The van der Waals surface area contributed by atoms with E-state index in [0.717, 1.165) is 25.9 Å². The zero-order chi connectivity index (χ0) is 14.5. The van der Waals surface area contributed by atoms with Crippen molar-refractivity contribution in [3.8, 4) is 5.75 Å². The molecule has 110 valence electrons. The summed E-state index contributed by atoms with van der Waals surface area (Å²) in [4.78, 5) is 15.7. The maximum atomic E-state index is 12.8. The van der Waals surface area contributed by atoms with Crippen molar-refractivity contribution in [1.82, 2.24) is 9.80 Å². The molecular weight excluding hydrogens is 259 g/mol. The summed E-state index contributed by atoms with van der Waals surface area (Å²) < 4.78 is 18.6. The predicted octanol–water partition coefficient (Wildman–Crippen LogP) is 1.76. The number of piperidine rings is 1. The summed E-state index contributed by atoms with van der Waals surface area (Å²) in [6.45, 7) is 1.89. The van der Waals surface area contributed by atoms with Crippen LogP contribution in [0.1, 0.15) is 12.8 Å². The lowest BCUT2D eigenvalue weighted by Gasteiger charge is -2.32. The van der Waals surface area contributed by atoms with E-state index in [9.17, 15) is 9.18 Å². The van der Waals surface area contributed by atoms with E-state index in [1.54, 1.807) is 12.1 Å². The van der Waals surface area contributed by atoms with E-state index in [4.69, 9.17) is 4.74 Å². The van der Waals surface area contributed by atoms with E-state index >= 15 is 0 Å². The average Bonchev–Trinajstić information content (AvgIpc) is 2.41. The van der Waals surface area contributed by atoms with Gasteiger partial charge in [-0.25, -0.2) is 4.39 Å². The van der Waals surface area contributed by atoms with Gasteiger partial charge in [0.2, 0.25) is 5.91 Å². The number of carbonyl (C=O) groups is 1. The third-order valence-corrected chi connectivity index (χ3v) is 3.36. The molecule has 0 atom stereocenters. The number of carbonyl (C=O) groups excluding carboxylic acids is 1. The van der Waals surface area contributed by atoms with Crippen molar-refractivity contribution in [3.05, 3.63) is 30.1 Å². The standard InChI is InChI=1S/C15H21FN2O2/c1-17(2)11-15(19)18-9-7-14(8-10-18)20-13-5-3-12(16)4-6-13/h3-6,14H,7-11H2,1-2H3. The molecule has 1 aromatic rings. The molecule has 0 spiro atoms. The maximum Gasteiger partial charge on any atom is 0.236 e. The molecule has 0 radical (unpaired) electrons. The van der Waals surface area contributed by atoms with Gasteiger partial charge >= 0.3 is 0 Å². The molecule has 1 heterocycles. The number of likely N-dealkylation sites (tertiary alicyclic amines) is 1. The molecule has 1 fully saturated rings. The van der Waals surface area contributed by atoms with E-state index < -0.39 is 0 Å². The molecule has 0 aromatic heterocycles. The number of hydrogen-bond donors (Lipinski definition) is 0. The second-order valence-electron chi connectivity index (χ2n) is 5.39. The highest BCUT2D eigenvalue weighted by Crippen LogP contribution is 2.19. The number of rotatable bonds is 4. The minimum Gasteiger partial charge on any atom is -0.490 e. The minimum absolute atomic E-state index is 0.101. The maximum absolute atomic E-state index is 12.8. The van der Waals surface area contributed by atoms with Gasteiger partial charge in [-0.05, 0) is 38.4 Å². The molecule has 0 N–H and O–H groups in total. The van der Waals surface area contributed by atoms with Crippen LogP contribution in [0.2, 0.25) is 0 Å². The summed E-state index contributed by atoms with van der Waals surface area (Å²) in [5.74, 6) is 0.584. The van der Waals surface area contributed by atoms with Crippen LogP contribution in [0.3, 0.4) is 0 Å². The average molecular weight is 280 g/mol. The molecule has 0 unspecified atom stereocenters. The second kappa shape index (κ2) is 6.70. The molecule has 0 bridgehead atoms. The summed E-state index contributed by atoms with van der Waals surface area (Å²) in [7, 11) is 3.78. The van der Waals surface area contributed by atoms with Gasteiger partial charge in [-0.1, -0.05) is 0 Å². The van der Waals surface area contributed by atoms with Crippen molar-refractivity contribution in [2.24, 2.45) is 0 Å². The van der Waals surface area contributed by atoms with Gasteiger partial charge in [-0.2, -0.15) is 0 Å². The highest BCUT2D eigenvalue weighted by Gasteiger charge is 2.23. The van der Waals surface area contributed by atoms with Gasteiger partial charge in [0.15, 0.2) is 0 Å². The molecular formula is C15H21FN2O2. The van der Waals surface area contributed by atoms with E-state index in [-0.39, 0.29) is 17.8 Å². The van der Waals surface area contributed by atoms with Crippen molar-refractivity contribution in [2.45, 2.75) is 18.9 Å². The molecule has 20 heavy (non-hydrogen) atoms. The van der Waals surface area contributed by atoms with Crippen LogP contribution in [-0.2, 0) is 4.79 Å². The lowest BCUT2D eigenvalue weighted by atomic mass is 10.1. The lowest BCUT2D eigenvalue weighted by Crippen LogP contribution is -2.44. The first-order valence-corrected chi connectivity index (χ1v) is 6.89. The Hall–Kier alpha value is -1.62. The third-order valence-electron chi connectivity index (χ3n) is 3.36. The van der Waals surface area contributed by atoms with Gasteiger partial charge in [0, 0.05) is 25.9 Å². The molecule has 0 saturated carbocycles. The highest BCUT2D eigenvalue weighted by molar-refractivity contribution is 5.78. The summed E-state index contributed by atoms with van der Waals surface area (Å²) in [6.07, 6.45) is 1.73. The van der Waals surface area contributed by atoms with E-state index in [2.05, 4.69) is 0 Å². The van der Waals surface area contributed by atoms with Gasteiger partial charge in [-0.3, -0.25) is 4.79 Å². The van der Waals surface area contributed by atoms with Gasteiger partial charge in [-0.15, -0.1) is 0 Å². The molecule has 1 saturated heterocycles. The zero-order valence-corrected chi connectivity index (χ0v) is 12.0. The van der Waals surface area contributed by atoms with Crippen LogP contribution < -0.4 is 4.74 Å². The van der Waals surface area contributed by atoms with Gasteiger partial charge in [0.05, 0.1) is 6.54 Å². The van der Waals surface area contributed by atoms with Crippen LogP contribution in [-0.4, -0.2) is 55.5 Å². The Labute approximate surface area is 119 Å². The van der Waals surface area contributed by atoms with Crippen LogP contribution in [0.25, 0.3) is 0 Å². The van der Waals surface area contributed by atoms with Crippen LogP contribution in [0.4, 0.5) is 4.39 Å². The van der Waals surface area contributed by atoms with Crippen molar-refractivity contribution in [2.75, 3.05) is 33.7 Å². The van der Waals surface area contributed by atoms with E-state index in [0.29, 0.717) is 12.3 Å². The number of likely N-dealkylation sites (N-methyl/N-ethyl adjacent to an activating group) is 1. The molecule has 1 aliphatic rings. The Morgan fingerprint density at radius 3 is 2.45 bits per heavy atom. The molecule has 1 amide bonds. The highest BCUT2D eigenvalue weighted by atomic mass is 19.1. The Balaban J connectivity index is 1.79. The normalized spacial score (nSPS) is 16.5. The first-order chi connectivity index (χ1) is 9.54. The largest absolute Gasteiger partial charge is 0.490 e. The quantitative estimate of drug-likeness (QED) is 0.842. The molecule has 5 heteroatoms. The first-order valence-electron chi connectivity index (χ1n) is 6.89.